The van der Waals surface area contributed by atoms with Crippen LogP contribution in [0.3, 0.4) is 0 Å². The molecule has 58 valence electrons. The van der Waals surface area contributed by atoms with Crippen molar-refractivity contribution in [1.82, 2.24) is 0 Å². The van der Waals surface area contributed by atoms with Gasteiger partial charge in [-0.25, -0.2) is 0 Å². The van der Waals surface area contributed by atoms with Crippen molar-refractivity contribution in [3.63, 3.8) is 0 Å². The lowest BCUT2D eigenvalue weighted by Gasteiger charge is -2.18. The van der Waals surface area contributed by atoms with Crippen molar-refractivity contribution in [3.8, 4) is 0 Å². The van der Waals surface area contributed by atoms with E-state index in [-0.39, 0.29) is 11.5 Å². The summed E-state index contributed by atoms with van der Waals surface area (Å²) < 4.78 is 5.08. The number of rotatable bonds is 3. The fraction of sp³-hybridized carbons (Fsp3) is 0.875. The molecule has 0 unspecified atom stereocenters. The normalized spacial score (nSPS) is 24.5. The Morgan fingerprint density at radius 2 is 2.20 bits per heavy atom. The molecular formula is C8H14O2. The zero-order chi connectivity index (χ0) is 7.78. The van der Waals surface area contributed by atoms with Crippen LogP contribution in [0.15, 0.2) is 0 Å². The average Bonchev–Trinajstić information content (AvgIpc) is 2.66. The lowest BCUT2D eigenvalue weighted by molar-refractivity contribution is -0.127. The molecule has 1 rings (SSSR count). The van der Waals surface area contributed by atoms with E-state index >= 15 is 0 Å². The van der Waals surface area contributed by atoms with Crippen LogP contribution in [0.4, 0.5) is 0 Å². The van der Waals surface area contributed by atoms with Crippen molar-refractivity contribution >= 4 is 5.78 Å². The standard InChI is InChI=1S/C8H14O2/c1-4-6(9)8(2,3)7-5-10-7/h7H,4-5H2,1-3H3/t7-/m1/s1. The third kappa shape index (κ3) is 1.21. The zero-order valence-corrected chi connectivity index (χ0v) is 6.81. The summed E-state index contributed by atoms with van der Waals surface area (Å²) in [7, 11) is 0. The highest BCUT2D eigenvalue weighted by atomic mass is 16.6. The van der Waals surface area contributed by atoms with Crippen LogP contribution in [0, 0.1) is 5.41 Å². The van der Waals surface area contributed by atoms with Gasteiger partial charge >= 0.3 is 0 Å². The van der Waals surface area contributed by atoms with Crippen molar-refractivity contribution < 1.29 is 9.53 Å². The van der Waals surface area contributed by atoms with Gasteiger partial charge in [-0.15, -0.1) is 0 Å². The Labute approximate surface area is 61.6 Å². The maximum atomic E-state index is 11.2. The number of Topliss-reactive ketones (excluding diaryl/α,β-unsaturated/α-hetero) is 1. The van der Waals surface area contributed by atoms with Crippen LogP contribution in [-0.4, -0.2) is 18.5 Å². The molecule has 1 aliphatic rings. The molecule has 0 aromatic heterocycles. The number of ketones is 1. The summed E-state index contributed by atoms with van der Waals surface area (Å²) in [5.74, 6) is 0.301. The number of hydrogen-bond donors (Lipinski definition) is 0. The van der Waals surface area contributed by atoms with E-state index < -0.39 is 0 Å². The summed E-state index contributed by atoms with van der Waals surface area (Å²) in [6, 6.07) is 0. The smallest absolute Gasteiger partial charge is 0.140 e. The average molecular weight is 142 g/mol. The predicted molar refractivity (Wildman–Crippen MR) is 38.8 cm³/mol. The molecule has 0 N–H and O–H groups in total. The Balaban J connectivity index is 2.56. The molecule has 0 amide bonds. The molecule has 0 aliphatic carbocycles. The molecule has 0 aromatic rings. The Hall–Kier alpha value is -0.370. The van der Waals surface area contributed by atoms with E-state index in [0.29, 0.717) is 12.2 Å². The largest absolute Gasteiger partial charge is 0.372 e. The van der Waals surface area contributed by atoms with Crippen LogP contribution in [0.2, 0.25) is 0 Å². The lowest BCUT2D eigenvalue weighted by Crippen LogP contribution is -2.29. The second-order valence-electron chi connectivity index (χ2n) is 3.32. The topological polar surface area (TPSA) is 29.6 Å². The second-order valence-corrected chi connectivity index (χ2v) is 3.32. The summed E-state index contributed by atoms with van der Waals surface area (Å²) >= 11 is 0. The highest BCUT2D eigenvalue weighted by Crippen LogP contribution is 2.33. The molecule has 0 aromatic carbocycles. The molecule has 0 saturated carbocycles. The third-order valence-corrected chi connectivity index (χ3v) is 2.18. The first-order valence-corrected chi connectivity index (χ1v) is 3.74. The predicted octanol–water partition coefficient (Wildman–Crippen LogP) is 1.39. The Morgan fingerprint density at radius 3 is 2.50 bits per heavy atom. The third-order valence-electron chi connectivity index (χ3n) is 2.18. The Morgan fingerprint density at radius 1 is 1.70 bits per heavy atom. The maximum Gasteiger partial charge on any atom is 0.140 e. The van der Waals surface area contributed by atoms with Gasteiger partial charge in [0.1, 0.15) is 5.78 Å². The van der Waals surface area contributed by atoms with E-state index in [9.17, 15) is 4.79 Å². The molecule has 1 aliphatic heterocycles. The van der Waals surface area contributed by atoms with Gasteiger partial charge in [-0.1, -0.05) is 20.8 Å². The quantitative estimate of drug-likeness (QED) is 0.557. The highest BCUT2D eigenvalue weighted by Gasteiger charge is 2.43. The van der Waals surface area contributed by atoms with Crippen molar-refractivity contribution in [2.24, 2.45) is 5.41 Å². The highest BCUT2D eigenvalue weighted by molar-refractivity contribution is 5.84. The molecule has 1 saturated heterocycles. The second kappa shape index (κ2) is 2.35. The monoisotopic (exact) mass is 142 g/mol. The molecule has 10 heavy (non-hydrogen) atoms. The van der Waals surface area contributed by atoms with Crippen molar-refractivity contribution in [2.45, 2.75) is 33.3 Å². The van der Waals surface area contributed by atoms with Crippen molar-refractivity contribution in [1.29, 1.82) is 0 Å². The summed E-state index contributed by atoms with van der Waals surface area (Å²) in [5, 5.41) is 0. The number of hydrogen-bond acceptors (Lipinski definition) is 2. The van der Waals surface area contributed by atoms with Crippen molar-refractivity contribution in [2.75, 3.05) is 6.61 Å². The summed E-state index contributed by atoms with van der Waals surface area (Å²) in [5.41, 5.74) is -0.241. The molecule has 1 heterocycles. The van der Waals surface area contributed by atoms with Gasteiger partial charge in [0, 0.05) is 6.42 Å². The number of epoxide rings is 1. The summed E-state index contributed by atoms with van der Waals surface area (Å²) in [6.07, 6.45) is 0.812. The SMILES string of the molecule is CCC(=O)C(C)(C)[C@H]1CO1. The van der Waals surface area contributed by atoms with Crippen LogP contribution in [0.25, 0.3) is 0 Å². The zero-order valence-electron chi connectivity index (χ0n) is 6.81. The van der Waals surface area contributed by atoms with Crippen molar-refractivity contribution in [3.05, 3.63) is 0 Å². The number of carbonyl (C=O) groups is 1. The van der Waals surface area contributed by atoms with Gasteiger partial charge in [-0.3, -0.25) is 4.79 Å². The van der Waals surface area contributed by atoms with Crippen LogP contribution in [0.5, 0.6) is 0 Å². The Kier molecular flexibility index (Phi) is 1.82. The fourth-order valence-electron chi connectivity index (χ4n) is 1.10. The van der Waals surface area contributed by atoms with Gasteiger partial charge in [-0.2, -0.15) is 0 Å². The van der Waals surface area contributed by atoms with E-state index in [1.807, 2.05) is 20.8 Å². The first kappa shape index (κ1) is 7.73. The van der Waals surface area contributed by atoms with E-state index in [0.717, 1.165) is 6.61 Å². The van der Waals surface area contributed by atoms with E-state index in [4.69, 9.17) is 4.74 Å². The molecule has 0 spiro atoms. The van der Waals surface area contributed by atoms with E-state index in [1.165, 1.54) is 0 Å². The summed E-state index contributed by atoms with van der Waals surface area (Å²) in [4.78, 5) is 11.2. The van der Waals surface area contributed by atoms with Gasteiger partial charge in [0.05, 0.1) is 18.1 Å². The van der Waals surface area contributed by atoms with E-state index in [2.05, 4.69) is 0 Å². The number of ether oxygens (including phenoxy) is 1. The van der Waals surface area contributed by atoms with Crippen LogP contribution >= 0.6 is 0 Å². The molecule has 2 heteroatoms. The van der Waals surface area contributed by atoms with Gasteiger partial charge in [0.25, 0.3) is 0 Å². The molecule has 0 bridgehead atoms. The molecular weight excluding hydrogens is 128 g/mol. The number of carbonyl (C=O) groups excluding carboxylic acids is 1. The summed E-state index contributed by atoms with van der Waals surface area (Å²) in [6.45, 7) is 6.57. The molecule has 1 fully saturated rings. The first-order valence-electron chi connectivity index (χ1n) is 3.74. The first-order chi connectivity index (χ1) is 4.59. The van der Waals surface area contributed by atoms with Gasteiger partial charge in [0.2, 0.25) is 0 Å². The van der Waals surface area contributed by atoms with Gasteiger partial charge in [-0.05, 0) is 0 Å². The van der Waals surface area contributed by atoms with Gasteiger partial charge < -0.3 is 4.74 Å². The maximum absolute atomic E-state index is 11.2. The lowest BCUT2D eigenvalue weighted by atomic mass is 9.83. The minimum absolute atomic E-state index is 0.194. The minimum Gasteiger partial charge on any atom is -0.372 e. The van der Waals surface area contributed by atoms with Crippen LogP contribution < -0.4 is 0 Å². The minimum atomic E-state index is -0.241. The van der Waals surface area contributed by atoms with E-state index in [1.54, 1.807) is 0 Å². The van der Waals surface area contributed by atoms with Crippen LogP contribution in [0.1, 0.15) is 27.2 Å². The van der Waals surface area contributed by atoms with Gasteiger partial charge in [0.15, 0.2) is 0 Å². The molecule has 1 atom stereocenters. The Bertz CT molecular complexity index is 145. The fourth-order valence-corrected chi connectivity index (χ4v) is 1.10. The molecule has 0 radical (unpaired) electrons. The van der Waals surface area contributed by atoms with Crippen LogP contribution in [-0.2, 0) is 9.53 Å². The molecule has 2 nitrogen and oxygen atoms in total.